The third-order valence-corrected chi connectivity index (χ3v) is 5.53. The van der Waals surface area contributed by atoms with E-state index in [4.69, 9.17) is 0 Å². The number of hydrogen-bond donors (Lipinski definition) is 3. The number of nitrogens with zero attached hydrogens (tertiary/aromatic N) is 1. The number of amides is 1. The summed E-state index contributed by atoms with van der Waals surface area (Å²) in [6.07, 6.45) is 1.83. The standard InChI is InChI=1S/C19H19N3O2S/c23-11-12-1-3-13(4-2-12)16-9-20-10-17(16)19(24)22-15-6-5-14-8-21-25-18(14)7-15/h1-8,16-17,20,23H,9-11H2,(H,22,24)/t16-,17+/m0/s1. The molecule has 1 aliphatic rings. The van der Waals surface area contributed by atoms with E-state index in [1.54, 1.807) is 0 Å². The summed E-state index contributed by atoms with van der Waals surface area (Å²) in [4.78, 5) is 12.8. The third kappa shape index (κ3) is 3.28. The molecular formula is C19H19N3O2S. The van der Waals surface area contributed by atoms with Crippen LogP contribution in [0, 0.1) is 5.92 Å². The summed E-state index contributed by atoms with van der Waals surface area (Å²) in [5, 5.41) is 16.6. The molecule has 128 valence electrons. The highest BCUT2D eigenvalue weighted by Crippen LogP contribution is 2.30. The Morgan fingerprint density at radius 2 is 2.08 bits per heavy atom. The maximum Gasteiger partial charge on any atom is 0.229 e. The van der Waals surface area contributed by atoms with Gasteiger partial charge in [-0.25, -0.2) is 0 Å². The normalized spacial score (nSPS) is 20.0. The van der Waals surface area contributed by atoms with Crippen molar-refractivity contribution in [2.24, 2.45) is 5.92 Å². The minimum atomic E-state index is -0.114. The van der Waals surface area contributed by atoms with Crippen LogP contribution in [0.1, 0.15) is 17.0 Å². The fourth-order valence-electron chi connectivity index (χ4n) is 3.35. The fourth-order valence-corrected chi connectivity index (χ4v) is 4.03. The Bertz CT molecular complexity index is 891. The minimum Gasteiger partial charge on any atom is -0.392 e. The van der Waals surface area contributed by atoms with Crippen LogP contribution in [0.2, 0.25) is 0 Å². The Labute approximate surface area is 149 Å². The highest BCUT2D eigenvalue weighted by molar-refractivity contribution is 7.13. The van der Waals surface area contributed by atoms with Crippen molar-refractivity contribution in [1.29, 1.82) is 0 Å². The van der Waals surface area contributed by atoms with E-state index in [1.807, 2.05) is 48.7 Å². The van der Waals surface area contributed by atoms with Crippen LogP contribution in [-0.4, -0.2) is 28.5 Å². The van der Waals surface area contributed by atoms with E-state index in [0.717, 1.165) is 33.4 Å². The van der Waals surface area contributed by atoms with Crippen molar-refractivity contribution in [1.82, 2.24) is 9.69 Å². The summed E-state index contributed by atoms with van der Waals surface area (Å²) >= 11 is 1.43. The molecule has 25 heavy (non-hydrogen) atoms. The number of hydrogen-bond acceptors (Lipinski definition) is 5. The van der Waals surface area contributed by atoms with Gasteiger partial charge in [-0.15, -0.1) is 0 Å². The lowest BCUT2D eigenvalue weighted by Crippen LogP contribution is -2.28. The molecule has 0 aliphatic carbocycles. The predicted molar refractivity (Wildman–Crippen MR) is 99.7 cm³/mol. The molecule has 1 aliphatic heterocycles. The van der Waals surface area contributed by atoms with E-state index in [0.29, 0.717) is 6.54 Å². The van der Waals surface area contributed by atoms with Crippen molar-refractivity contribution < 1.29 is 9.90 Å². The second-order valence-corrected chi connectivity index (χ2v) is 7.17. The summed E-state index contributed by atoms with van der Waals surface area (Å²) in [7, 11) is 0. The summed E-state index contributed by atoms with van der Waals surface area (Å²) in [5.74, 6) is 0.0575. The summed E-state index contributed by atoms with van der Waals surface area (Å²) in [6, 6.07) is 13.7. The van der Waals surface area contributed by atoms with Gasteiger partial charge < -0.3 is 15.7 Å². The lowest BCUT2D eigenvalue weighted by atomic mass is 9.88. The number of carbonyl (C=O) groups excluding carboxylic acids is 1. The number of benzene rings is 2. The van der Waals surface area contributed by atoms with Crippen LogP contribution in [0.3, 0.4) is 0 Å². The van der Waals surface area contributed by atoms with Crippen LogP contribution < -0.4 is 10.6 Å². The molecular weight excluding hydrogens is 334 g/mol. The molecule has 1 saturated heterocycles. The SMILES string of the molecule is O=C(Nc1ccc2cnsc2c1)[C@@H]1CNC[C@H]1c1ccc(CO)cc1. The minimum absolute atomic E-state index is 0.0325. The van der Waals surface area contributed by atoms with Crippen molar-refractivity contribution in [3.63, 3.8) is 0 Å². The van der Waals surface area contributed by atoms with Gasteiger partial charge >= 0.3 is 0 Å². The van der Waals surface area contributed by atoms with E-state index in [9.17, 15) is 9.90 Å². The molecule has 3 aromatic rings. The number of nitrogens with one attached hydrogen (secondary N) is 2. The van der Waals surface area contributed by atoms with Crippen LogP contribution in [0.4, 0.5) is 5.69 Å². The van der Waals surface area contributed by atoms with Gasteiger partial charge in [0.1, 0.15) is 0 Å². The largest absolute Gasteiger partial charge is 0.392 e. The van der Waals surface area contributed by atoms with Crippen LogP contribution in [-0.2, 0) is 11.4 Å². The van der Waals surface area contributed by atoms with Crippen LogP contribution in [0.25, 0.3) is 10.1 Å². The van der Waals surface area contributed by atoms with E-state index in [1.165, 1.54) is 11.5 Å². The first-order valence-corrected chi connectivity index (χ1v) is 9.07. The van der Waals surface area contributed by atoms with E-state index in [2.05, 4.69) is 15.0 Å². The van der Waals surface area contributed by atoms with Gasteiger partial charge in [-0.05, 0) is 40.9 Å². The molecule has 2 aromatic carbocycles. The van der Waals surface area contributed by atoms with E-state index < -0.39 is 0 Å². The summed E-state index contributed by atoms with van der Waals surface area (Å²) < 4.78 is 5.23. The molecule has 3 N–H and O–H groups in total. The average molecular weight is 353 g/mol. The number of rotatable bonds is 4. The molecule has 2 heterocycles. The van der Waals surface area contributed by atoms with Gasteiger partial charge in [-0.1, -0.05) is 24.3 Å². The monoisotopic (exact) mass is 353 g/mol. The van der Waals surface area contributed by atoms with Crippen molar-refractivity contribution in [3.8, 4) is 0 Å². The van der Waals surface area contributed by atoms with Crippen molar-refractivity contribution in [2.45, 2.75) is 12.5 Å². The Hall–Kier alpha value is -2.28. The molecule has 5 nitrogen and oxygen atoms in total. The third-order valence-electron chi connectivity index (χ3n) is 4.77. The van der Waals surface area contributed by atoms with Gasteiger partial charge in [-0.3, -0.25) is 4.79 Å². The number of anilines is 1. The maximum atomic E-state index is 12.8. The number of fused-ring (bicyclic) bond motifs is 1. The molecule has 1 amide bonds. The highest BCUT2D eigenvalue weighted by Gasteiger charge is 2.34. The molecule has 0 spiro atoms. The second kappa shape index (κ2) is 6.92. The molecule has 1 fully saturated rings. The fraction of sp³-hybridized carbons (Fsp3) is 0.263. The number of aliphatic hydroxyl groups is 1. The zero-order valence-electron chi connectivity index (χ0n) is 13.6. The summed E-state index contributed by atoms with van der Waals surface area (Å²) in [6.45, 7) is 1.48. The molecule has 0 saturated carbocycles. The lowest BCUT2D eigenvalue weighted by molar-refractivity contribution is -0.119. The number of carbonyl (C=O) groups is 1. The van der Waals surface area contributed by atoms with E-state index in [-0.39, 0.29) is 24.3 Å². The first kappa shape index (κ1) is 16.2. The summed E-state index contributed by atoms with van der Waals surface area (Å²) in [5.41, 5.74) is 2.82. The zero-order valence-corrected chi connectivity index (χ0v) is 14.4. The average Bonchev–Trinajstić information content (AvgIpc) is 3.30. The Balaban J connectivity index is 1.51. The van der Waals surface area contributed by atoms with Crippen molar-refractivity contribution in [2.75, 3.05) is 18.4 Å². The first-order valence-electron chi connectivity index (χ1n) is 8.30. The van der Waals surface area contributed by atoms with E-state index >= 15 is 0 Å². The first-order chi connectivity index (χ1) is 12.2. The molecule has 0 unspecified atom stereocenters. The zero-order chi connectivity index (χ0) is 17.2. The van der Waals surface area contributed by atoms with Crippen LogP contribution in [0.5, 0.6) is 0 Å². The molecule has 1 aromatic heterocycles. The lowest BCUT2D eigenvalue weighted by Gasteiger charge is -2.19. The van der Waals surface area contributed by atoms with Gasteiger partial charge in [0.15, 0.2) is 0 Å². The topological polar surface area (TPSA) is 74.2 Å². The highest BCUT2D eigenvalue weighted by atomic mass is 32.1. The Kier molecular flexibility index (Phi) is 4.48. The molecule has 2 atom stereocenters. The van der Waals surface area contributed by atoms with Gasteiger partial charge in [0.25, 0.3) is 0 Å². The van der Waals surface area contributed by atoms with Crippen molar-refractivity contribution in [3.05, 3.63) is 59.8 Å². The molecule has 4 rings (SSSR count). The quantitative estimate of drug-likeness (QED) is 0.674. The predicted octanol–water partition coefficient (Wildman–Crippen LogP) is 2.73. The Morgan fingerprint density at radius 3 is 2.88 bits per heavy atom. The smallest absolute Gasteiger partial charge is 0.229 e. The molecule has 6 heteroatoms. The number of aromatic nitrogens is 1. The second-order valence-electron chi connectivity index (χ2n) is 6.34. The Morgan fingerprint density at radius 1 is 1.24 bits per heavy atom. The number of aliphatic hydroxyl groups excluding tert-OH is 1. The van der Waals surface area contributed by atoms with Gasteiger partial charge in [-0.2, -0.15) is 4.37 Å². The van der Waals surface area contributed by atoms with Gasteiger partial charge in [0.2, 0.25) is 5.91 Å². The maximum absolute atomic E-state index is 12.8. The van der Waals surface area contributed by atoms with Crippen LogP contribution in [0.15, 0.2) is 48.7 Å². The molecule has 0 bridgehead atoms. The van der Waals surface area contributed by atoms with Gasteiger partial charge in [0, 0.05) is 36.3 Å². The van der Waals surface area contributed by atoms with Crippen LogP contribution >= 0.6 is 11.5 Å². The van der Waals surface area contributed by atoms with Crippen molar-refractivity contribution >= 4 is 33.2 Å². The van der Waals surface area contributed by atoms with Gasteiger partial charge in [0.05, 0.1) is 17.2 Å². The molecule has 0 radical (unpaired) electrons.